The van der Waals surface area contributed by atoms with Crippen LogP contribution in [0.5, 0.6) is 5.75 Å². The summed E-state index contributed by atoms with van der Waals surface area (Å²) in [4.78, 5) is 16.0. The van der Waals surface area contributed by atoms with E-state index in [2.05, 4.69) is 15.5 Å². The lowest BCUT2D eigenvalue weighted by molar-refractivity contribution is -0.121. The molecule has 1 heterocycles. The minimum absolute atomic E-state index is 0.0204. The van der Waals surface area contributed by atoms with Gasteiger partial charge in [-0.15, -0.1) is 0 Å². The van der Waals surface area contributed by atoms with Gasteiger partial charge in [0, 0.05) is 19.4 Å². The molecule has 0 radical (unpaired) electrons. The van der Waals surface area contributed by atoms with E-state index in [1.54, 1.807) is 19.2 Å². The number of amides is 1. The van der Waals surface area contributed by atoms with Gasteiger partial charge in [0.15, 0.2) is 15.7 Å². The van der Waals surface area contributed by atoms with E-state index in [1.807, 2.05) is 12.1 Å². The van der Waals surface area contributed by atoms with Gasteiger partial charge in [-0.1, -0.05) is 17.3 Å². The maximum absolute atomic E-state index is 13.0. The molecule has 1 N–H and O–H groups in total. The molecule has 1 aromatic heterocycles. The number of nitrogens with one attached hydrogen (secondary N) is 1. The fourth-order valence-corrected chi connectivity index (χ4v) is 3.77. The number of halogens is 1. The molecule has 3 aromatic rings. The zero-order valence-corrected chi connectivity index (χ0v) is 17.0. The summed E-state index contributed by atoms with van der Waals surface area (Å²) in [6.07, 6.45) is 0.292. The summed E-state index contributed by atoms with van der Waals surface area (Å²) in [6.45, 7) is 0.369. The average molecular weight is 433 g/mol. The molecule has 0 saturated carbocycles. The predicted molar refractivity (Wildman–Crippen MR) is 105 cm³/mol. The number of aromatic nitrogens is 2. The van der Waals surface area contributed by atoms with Gasteiger partial charge in [0.05, 0.1) is 12.0 Å². The molecule has 8 nitrogen and oxygen atoms in total. The minimum atomic E-state index is -3.73. The topological polar surface area (TPSA) is 111 Å². The van der Waals surface area contributed by atoms with E-state index in [0.29, 0.717) is 6.54 Å². The Labute approximate surface area is 173 Å². The zero-order valence-electron chi connectivity index (χ0n) is 16.2. The molecule has 0 aliphatic rings. The molecule has 0 aliphatic heterocycles. The molecule has 0 unspecified atom stereocenters. The second-order valence-electron chi connectivity index (χ2n) is 6.44. The molecule has 10 heteroatoms. The summed E-state index contributed by atoms with van der Waals surface area (Å²) in [7, 11) is -2.15. The van der Waals surface area contributed by atoms with Gasteiger partial charge in [0.2, 0.25) is 11.8 Å². The number of methoxy groups -OCH3 is 1. The number of carbonyl (C=O) groups excluding carboxylic acids is 1. The molecule has 0 spiro atoms. The Morgan fingerprint density at radius 1 is 1.13 bits per heavy atom. The van der Waals surface area contributed by atoms with E-state index < -0.39 is 21.4 Å². The van der Waals surface area contributed by atoms with E-state index in [9.17, 15) is 17.6 Å². The lowest BCUT2D eigenvalue weighted by Crippen LogP contribution is -2.23. The number of hydrogen-bond acceptors (Lipinski definition) is 7. The summed E-state index contributed by atoms with van der Waals surface area (Å²) in [6, 6.07) is 11.8. The maximum Gasteiger partial charge on any atom is 0.227 e. The fourth-order valence-electron chi connectivity index (χ4n) is 2.60. The number of nitrogens with zero attached hydrogens (tertiary/aromatic N) is 2. The van der Waals surface area contributed by atoms with Crippen LogP contribution in [0.1, 0.15) is 23.7 Å². The highest BCUT2D eigenvalue weighted by Gasteiger charge is 2.19. The Hall–Kier alpha value is -3.27. The van der Waals surface area contributed by atoms with Crippen LogP contribution in [0.4, 0.5) is 4.39 Å². The van der Waals surface area contributed by atoms with Crippen molar-refractivity contribution < 1.29 is 26.9 Å². The van der Waals surface area contributed by atoms with E-state index >= 15 is 0 Å². The van der Waals surface area contributed by atoms with Gasteiger partial charge in [-0.3, -0.25) is 4.79 Å². The molecule has 0 aliphatic carbocycles. The first-order valence-corrected chi connectivity index (χ1v) is 10.7. The highest BCUT2D eigenvalue weighted by atomic mass is 32.2. The molecule has 0 bridgehead atoms. The Balaban J connectivity index is 1.48. The van der Waals surface area contributed by atoms with Crippen LogP contribution in [0.3, 0.4) is 0 Å². The van der Waals surface area contributed by atoms with Crippen molar-refractivity contribution in [2.24, 2.45) is 0 Å². The highest BCUT2D eigenvalue weighted by molar-refractivity contribution is 7.90. The number of ether oxygens (including phenoxy) is 1. The van der Waals surface area contributed by atoms with Crippen molar-refractivity contribution >= 4 is 15.7 Å². The minimum Gasteiger partial charge on any atom is -0.497 e. The van der Waals surface area contributed by atoms with Crippen molar-refractivity contribution in [3.63, 3.8) is 0 Å². The molecular formula is C20H20FN3O5S. The fraction of sp³-hybridized carbons (Fsp3) is 0.250. The standard InChI is InChI=1S/C20H20FN3O5S/c1-28-16-6-2-14(3-7-16)12-22-19(25)10-11-20-23-18(24-29-20)13-30(26,27)17-8-4-15(21)5-9-17/h2-9H,10-13H2,1H3,(H,22,25). The quantitative estimate of drug-likeness (QED) is 0.516. The van der Waals surface area contributed by atoms with Crippen LogP contribution in [-0.2, 0) is 33.4 Å². The molecule has 158 valence electrons. The van der Waals surface area contributed by atoms with Crippen LogP contribution in [-0.4, -0.2) is 31.6 Å². The third-order valence-corrected chi connectivity index (χ3v) is 5.85. The molecule has 0 fully saturated rings. The molecule has 3 rings (SSSR count). The SMILES string of the molecule is COc1ccc(CNC(=O)CCc2nc(CS(=O)(=O)c3ccc(F)cc3)no2)cc1. The molecule has 0 saturated heterocycles. The van der Waals surface area contributed by atoms with Crippen LogP contribution in [0.15, 0.2) is 57.9 Å². The normalized spacial score (nSPS) is 11.3. The van der Waals surface area contributed by atoms with Crippen LogP contribution in [0.2, 0.25) is 0 Å². The first-order chi connectivity index (χ1) is 14.4. The van der Waals surface area contributed by atoms with Gasteiger partial charge in [-0.2, -0.15) is 4.98 Å². The Morgan fingerprint density at radius 3 is 2.50 bits per heavy atom. The summed E-state index contributed by atoms with van der Waals surface area (Å²) < 4.78 is 47.7. The predicted octanol–water partition coefficient (Wildman–Crippen LogP) is 2.44. The van der Waals surface area contributed by atoms with Crippen molar-refractivity contribution in [2.45, 2.75) is 30.0 Å². The Morgan fingerprint density at radius 2 is 1.83 bits per heavy atom. The average Bonchev–Trinajstić information content (AvgIpc) is 3.18. The second kappa shape index (κ2) is 9.49. The van der Waals surface area contributed by atoms with Crippen LogP contribution >= 0.6 is 0 Å². The Kier molecular flexibility index (Phi) is 6.78. The van der Waals surface area contributed by atoms with Crippen molar-refractivity contribution in [1.82, 2.24) is 15.5 Å². The highest BCUT2D eigenvalue weighted by Crippen LogP contribution is 2.16. The number of carbonyl (C=O) groups is 1. The van der Waals surface area contributed by atoms with E-state index in [4.69, 9.17) is 9.26 Å². The van der Waals surface area contributed by atoms with Crippen molar-refractivity contribution in [2.75, 3.05) is 7.11 Å². The number of benzene rings is 2. The van der Waals surface area contributed by atoms with Gasteiger partial charge >= 0.3 is 0 Å². The van der Waals surface area contributed by atoms with Gasteiger partial charge in [-0.05, 0) is 42.0 Å². The van der Waals surface area contributed by atoms with E-state index in [0.717, 1.165) is 23.4 Å². The molecule has 0 atom stereocenters. The van der Waals surface area contributed by atoms with Gasteiger partial charge in [-0.25, -0.2) is 12.8 Å². The monoisotopic (exact) mass is 433 g/mol. The summed E-state index contributed by atoms with van der Waals surface area (Å²) in [5.74, 6) is -0.331. The van der Waals surface area contributed by atoms with Crippen LogP contribution in [0, 0.1) is 5.82 Å². The molecule has 1 amide bonds. The molecular weight excluding hydrogens is 413 g/mol. The van der Waals surface area contributed by atoms with Gasteiger partial charge in [0.25, 0.3) is 0 Å². The van der Waals surface area contributed by atoms with E-state index in [-0.39, 0.29) is 35.4 Å². The first-order valence-electron chi connectivity index (χ1n) is 9.05. The lowest BCUT2D eigenvalue weighted by Gasteiger charge is -2.05. The number of aryl methyl sites for hydroxylation is 1. The van der Waals surface area contributed by atoms with Crippen LogP contribution < -0.4 is 10.1 Å². The smallest absolute Gasteiger partial charge is 0.227 e. The van der Waals surface area contributed by atoms with Gasteiger partial charge in [0.1, 0.15) is 17.3 Å². The first kappa shape index (κ1) is 21.4. The van der Waals surface area contributed by atoms with Gasteiger partial charge < -0.3 is 14.6 Å². The maximum atomic E-state index is 13.0. The summed E-state index contributed by atoms with van der Waals surface area (Å²) in [5.41, 5.74) is 0.926. The lowest BCUT2D eigenvalue weighted by atomic mass is 10.2. The van der Waals surface area contributed by atoms with Crippen LogP contribution in [0.25, 0.3) is 0 Å². The van der Waals surface area contributed by atoms with E-state index in [1.165, 1.54) is 12.1 Å². The third kappa shape index (κ3) is 5.86. The van der Waals surface area contributed by atoms with Crippen molar-refractivity contribution in [3.05, 3.63) is 71.6 Å². The van der Waals surface area contributed by atoms with Crippen molar-refractivity contribution in [1.29, 1.82) is 0 Å². The number of hydrogen-bond donors (Lipinski definition) is 1. The van der Waals surface area contributed by atoms with Crippen molar-refractivity contribution in [3.8, 4) is 5.75 Å². The number of sulfone groups is 1. The summed E-state index contributed by atoms with van der Waals surface area (Å²) in [5, 5.41) is 6.43. The second-order valence-corrected chi connectivity index (χ2v) is 8.43. The summed E-state index contributed by atoms with van der Waals surface area (Å²) >= 11 is 0. The zero-order chi connectivity index (χ0) is 21.6. The third-order valence-electron chi connectivity index (χ3n) is 4.22. The largest absolute Gasteiger partial charge is 0.497 e. The Bertz CT molecular complexity index is 1100. The molecule has 2 aromatic carbocycles. The number of rotatable bonds is 9. The molecule has 30 heavy (non-hydrogen) atoms.